The number of hydrogen-bond donors (Lipinski definition) is 1. The maximum atomic E-state index is 8.60. The smallest absolute Gasteiger partial charge is 0.0954 e. The van der Waals surface area contributed by atoms with E-state index in [1.807, 2.05) is 18.0 Å². The Morgan fingerprint density at radius 2 is 2.20 bits per heavy atom. The van der Waals surface area contributed by atoms with Crippen LogP contribution >= 0.6 is 0 Å². The largest absolute Gasteiger partial charge is 0.381 e. The van der Waals surface area contributed by atoms with Crippen molar-refractivity contribution in [1.29, 1.82) is 0 Å². The summed E-state index contributed by atoms with van der Waals surface area (Å²) in [5.74, 6) is 0. The number of allylic oxidation sites excluding steroid dienone is 1. The van der Waals surface area contributed by atoms with Crippen LogP contribution in [0.3, 0.4) is 0 Å². The van der Waals surface area contributed by atoms with Gasteiger partial charge in [0.2, 0.25) is 0 Å². The third-order valence-electron chi connectivity index (χ3n) is 1.44. The topological polar surface area (TPSA) is 23.5 Å². The van der Waals surface area contributed by atoms with Gasteiger partial charge in [0.05, 0.1) is 6.73 Å². The fourth-order valence-electron chi connectivity index (χ4n) is 0.741. The quantitative estimate of drug-likeness (QED) is 0.343. The summed E-state index contributed by atoms with van der Waals surface area (Å²) < 4.78 is 0. The molecule has 0 aromatic heterocycles. The highest BCUT2D eigenvalue weighted by Crippen LogP contribution is 1.96. The van der Waals surface area contributed by atoms with Gasteiger partial charge in [-0.1, -0.05) is 6.08 Å². The second-order valence-corrected chi connectivity index (χ2v) is 2.51. The number of rotatable bonds is 6. The molecule has 0 saturated carbocycles. The fraction of sp³-hybridized carbons (Fsp3) is 0.750. The first-order valence-corrected chi connectivity index (χ1v) is 3.71. The summed E-state index contributed by atoms with van der Waals surface area (Å²) in [4.78, 5) is 1.89. The summed E-state index contributed by atoms with van der Waals surface area (Å²) in [5, 5.41) is 8.60. The van der Waals surface area contributed by atoms with Crippen molar-refractivity contribution in [3.8, 4) is 0 Å². The molecule has 2 nitrogen and oxygen atoms in total. The summed E-state index contributed by atoms with van der Waals surface area (Å²) in [5.41, 5.74) is 0. The number of unbranched alkanes of at least 4 members (excludes halogenated alkanes) is 2. The van der Waals surface area contributed by atoms with Gasteiger partial charge in [-0.2, -0.15) is 0 Å². The predicted octanol–water partition coefficient (Wildman–Crippen LogP) is 1.22. The van der Waals surface area contributed by atoms with Gasteiger partial charge in [0.15, 0.2) is 0 Å². The van der Waals surface area contributed by atoms with Crippen molar-refractivity contribution in [3.05, 3.63) is 12.7 Å². The van der Waals surface area contributed by atoms with Crippen molar-refractivity contribution >= 4 is 0 Å². The lowest BCUT2D eigenvalue weighted by molar-refractivity contribution is 0.131. The first kappa shape index (κ1) is 9.66. The van der Waals surface area contributed by atoms with Crippen LogP contribution in [-0.2, 0) is 0 Å². The summed E-state index contributed by atoms with van der Waals surface area (Å²) >= 11 is 0. The maximum Gasteiger partial charge on any atom is 0.0954 e. The average Bonchev–Trinajstić information content (AvgIpc) is 1.98. The molecule has 0 radical (unpaired) electrons. The number of aliphatic hydroxyl groups excluding tert-OH is 1. The average molecular weight is 143 g/mol. The van der Waals surface area contributed by atoms with E-state index in [0.29, 0.717) is 0 Å². The molecule has 0 aliphatic heterocycles. The normalized spacial score (nSPS) is 10.3. The molecular formula is C8H17NO. The summed E-state index contributed by atoms with van der Waals surface area (Å²) in [6.07, 6.45) is 5.33. The Hall–Kier alpha value is -0.340. The Morgan fingerprint density at radius 1 is 1.50 bits per heavy atom. The minimum Gasteiger partial charge on any atom is -0.381 e. The molecule has 0 spiro atoms. The van der Waals surface area contributed by atoms with E-state index in [0.717, 1.165) is 19.4 Å². The van der Waals surface area contributed by atoms with Crippen molar-refractivity contribution in [2.24, 2.45) is 0 Å². The lowest BCUT2D eigenvalue weighted by Crippen LogP contribution is -2.20. The van der Waals surface area contributed by atoms with Gasteiger partial charge in [0, 0.05) is 0 Å². The fourth-order valence-corrected chi connectivity index (χ4v) is 0.741. The van der Waals surface area contributed by atoms with E-state index < -0.39 is 0 Å². The molecule has 2 heteroatoms. The monoisotopic (exact) mass is 143 g/mol. The van der Waals surface area contributed by atoms with E-state index in [1.54, 1.807) is 0 Å². The first-order chi connectivity index (χ1) is 4.81. The lowest BCUT2D eigenvalue weighted by atomic mass is 10.2. The lowest BCUT2D eigenvalue weighted by Gasteiger charge is -2.11. The number of hydrogen-bond acceptors (Lipinski definition) is 2. The third-order valence-corrected chi connectivity index (χ3v) is 1.44. The number of aliphatic hydroxyl groups is 1. The van der Waals surface area contributed by atoms with Crippen LogP contribution in [0.1, 0.15) is 19.3 Å². The van der Waals surface area contributed by atoms with Crippen LogP contribution in [0.4, 0.5) is 0 Å². The van der Waals surface area contributed by atoms with E-state index in [4.69, 9.17) is 5.11 Å². The third kappa shape index (κ3) is 5.79. The molecule has 0 bridgehead atoms. The number of nitrogens with zero attached hydrogens (tertiary/aromatic N) is 1. The van der Waals surface area contributed by atoms with Crippen LogP contribution in [-0.4, -0.2) is 30.3 Å². The molecule has 60 valence electrons. The van der Waals surface area contributed by atoms with Crippen LogP contribution < -0.4 is 0 Å². The predicted molar refractivity (Wildman–Crippen MR) is 43.8 cm³/mol. The van der Waals surface area contributed by atoms with Crippen molar-refractivity contribution < 1.29 is 5.11 Å². The molecule has 0 aliphatic carbocycles. The van der Waals surface area contributed by atoms with Gasteiger partial charge in [-0.15, -0.1) is 6.58 Å². The summed E-state index contributed by atoms with van der Waals surface area (Å²) in [6.45, 7) is 4.77. The maximum absolute atomic E-state index is 8.60. The Bertz CT molecular complexity index is 83.3. The van der Waals surface area contributed by atoms with Gasteiger partial charge in [-0.25, -0.2) is 0 Å². The highest BCUT2D eigenvalue weighted by Gasteiger charge is 1.92. The molecule has 0 aliphatic rings. The minimum absolute atomic E-state index is 0.161. The zero-order chi connectivity index (χ0) is 7.82. The van der Waals surface area contributed by atoms with Crippen LogP contribution in [0.25, 0.3) is 0 Å². The van der Waals surface area contributed by atoms with Gasteiger partial charge in [0.1, 0.15) is 0 Å². The summed E-state index contributed by atoms with van der Waals surface area (Å²) in [7, 11) is 1.91. The van der Waals surface area contributed by atoms with Crippen LogP contribution in [0.5, 0.6) is 0 Å². The molecule has 0 saturated heterocycles. The molecule has 0 fully saturated rings. The van der Waals surface area contributed by atoms with Crippen LogP contribution in [0.2, 0.25) is 0 Å². The second-order valence-electron chi connectivity index (χ2n) is 2.51. The highest BCUT2D eigenvalue weighted by molar-refractivity contribution is 4.65. The molecule has 0 heterocycles. The molecule has 0 atom stereocenters. The Kier molecular flexibility index (Phi) is 6.55. The molecule has 10 heavy (non-hydrogen) atoms. The second kappa shape index (κ2) is 6.78. The van der Waals surface area contributed by atoms with Gasteiger partial charge in [-0.05, 0) is 32.9 Å². The summed E-state index contributed by atoms with van der Waals surface area (Å²) in [6, 6.07) is 0. The molecule has 1 N–H and O–H groups in total. The molecule has 0 amide bonds. The van der Waals surface area contributed by atoms with Crippen molar-refractivity contribution in [2.45, 2.75) is 19.3 Å². The highest BCUT2D eigenvalue weighted by atomic mass is 16.3. The van der Waals surface area contributed by atoms with E-state index >= 15 is 0 Å². The zero-order valence-corrected chi connectivity index (χ0v) is 6.71. The van der Waals surface area contributed by atoms with E-state index in [2.05, 4.69) is 6.58 Å². The van der Waals surface area contributed by atoms with Gasteiger partial charge in [-0.3, -0.25) is 4.90 Å². The Morgan fingerprint density at radius 3 is 2.70 bits per heavy atom. The van der Waals surface area contributed by atoms with E-state index in [-0.39, 0.29) is 6.73 Å². The van der Waals surface area contributed by atoms with Gasteiger partial charge >= 0.3 is 0 Å². The van der Waals surface area contributed by atoms with Crippen molar-refractivity contribution in [1.82, 2.24) is 4.90 Å². The molecule has 0 aromatic carbocycles. The van der Waals surface area contributed by atoms with Crippen molar-refractivity contribution in [3.63, 3.8) is 0 Å². The standard InChI is InChI=1S/C8H17NO/c1-3-4-5-6-7-9(2)8-10/h3,10H,1,4-8H2,2H3. The first-order valence-electron chi connectivity index (χ1n) is 3.71. The minimum atomic E-state index is 0.161. The van der Waals surface area contributed by atoms with Gasteiger partial charge < -0.3 is 5.11 Å². The SMILES string of the molecule is C=CCCCCN(C)CO. The molecular weight excluding hydrogens is 126 g/mol. The zero-order valence-electron chi connectivity index (χ0n) is 6.71. The van der Waals surface area contributed by atoms with Crippen molar-refractivity contribution in [2.75, 3.05) is 20.3 Å². The Balaban J connectivity index is 2.95. The van der Waals surface area contributed by atoms with Crippen LogP contribution in [0.15, 0.2) is 12.7 Å². The Labute approximate surface area is 63.2 Å². The molecule has 0 unspecified atom stereocenters. The molecule has 0 rings (SSSR count). The van der Waals surface area contributed by atoms with Crippen LogP contribution in [0, 0.1) is 0 Å². The van der Waals surface area contributed by atoms with Gasteiger partial charge in [0.25, 0.3) is 0 Å². The molecule has 0 aromatic rings. The van der Waals surface area contributed by atoms with E-state index in [9.17, 15) is 0 Å². The van der Waals surface area contributed by atoms with E-state index in [1.165, 1.54) is 6.42 Å².